The molecule has 0 radical (unpaired) electrons. The molecule has 0 aromatic carbocycles. The van der Waals surface area contributed by atoms with E-state index in [1.54, 1.807) is 6.92 Å². The maximum atomic E-state index is 12.5. The van der Waals surface area contributed by atoms with Crippen molar-refractivity contribution in [3.8, 4) is 0 Å². The molecule has 144 valence electrons. The van der Waals surface area contributed by atoms with Gasteiger partial charge < -0.3 is 15.2 Å². The molecule has 1 aliphatic heterocycles. The summed E-state index contributed by atoms with van der Waals surface area (Å²) in [6.45, 7) is 8.63. The molecule has 2 rings (SSSR count). The monoisotopic (exact) mass is 365 g/mol. The Labute approximate surface area is 152 Å². The van der Waals surface area contributed by atoms with Crippen LogP contribution in [-0.2, 0) is 9.59 Å². The molecule has 0 bridgehead atoms. The minimum absolute atomic E-state index is 0.0207. The zero-order chi connectivity index (χ0) is 19.3. The Morgan fingerprint density at radius 2 is 2.15 bits per heavy atom. The van der Waals surface area contributed by atoms with Gasteiger partial charge in [0.05, 0.1) is 5.92 Å². The van der Waals surface area contributed by atoms with Crippen LogP contribution in [0.15, 0.2) is 10.6 Å². The van der Waals surface area contributed by atoms with Crippen molar-refractivity contribution >= 4 is 17.7 Å². The first-order valence-electron chi connectivity index (χ1n) is 8.70. The van der Waals surface area contributed by atoms with Crippen molar-refractivity contribution in [1.82, 2.24) is 26.6 Å². The highest BCUT2D eigenvalue weighted by atomic mass is 16.5. The lowest BCUT2D eigenvalue weighted by atomic mass is 9.87. The fourth-order valence-corrected chi connectivity index (χ4v) is 2.72. The van der Waals surface area contributed by atoms with Gasteiger partial charge in [0.2, 0.25) is 5.91 Å². The lowest BCUT2D eigenvalue weighted by molar-refractivity contribution is -0.126. The van der Waals surface area contributed by atoms with Crippen molar-refractivity contribution < 1.29 is 18.9 Å². The molecule has 0 saturated carbocycles. The van der Waals surface area contributed by atoms with E-state index in [2.05, 4.69) is 26.6 Å². The largest absolute Gasteiger partial charge is 0.361 e. The van der Waals surface area contributed by atoms with Crippen LogP contribution >= 0.6 is 0 Å². The SMILES string of the molecule is Cc1cc(C(=O)NC(CC(C)(C)C)C(=O)NNCC2CCNC2=O)no1. The predicted molar refractivity (Wildman–Crippen MR) is 93.8 cm³/mol. The topological polar surface area (TPSA) is 125 Å². The number of nitrogens with zero attached hydrogens (tertiary/aromatic N) is 1. The summed E-state index contributed by atoms with van der Waals surface area (Å²) in [5.41, 5.74) is 5.33. The van der Waals surface area contributed by atoms with Gasteiger partial charge in [-0.05, 0) is 25.2 Å². The van der Waals surface area contributed by atoms with Crippen LogP contribution in [0, 0.1) is 18.3 Å². The van der Waals surface area contributed by atoms with Gasteiger partial charge in [0, 0.05) is 19.2 Å². The fourth-order valence-electron chi connectivity index (χ4n) is 2.72. The van der Waals surface area contributed by atoms with E-state index in [9.17, 15) is 14.4 Å². The predicted octanol–water partition coefficient (Wildman–Crippen LogP) is 0.275. The molecule has 3 amide bonds. The summed E-state index contributed by atoms with van der Waals surface area (Å²) >= 11 is 0. The van der Waals surface area contributed by atoms with E-state index in [1.807, 2.05) is 20.8 Å². The van der Waals surface area contributed by atoms with Gasteiger partial charge >= 0.3 is 0 Å². The number of hydrogen-bond acceptors (Lipinski definition) is 6. The first kappa shape index (κ1) is 19.9. The summed E-state index contributed by atoms with van der Waals surface area (Å²) in [7, 11) is 0. The van der Waals surface area contributed by atoms with E-state index >= 15 is 0 Å². The molecule has 1 saturated heterocycles. The first-order chi connectivity index (χ1) is 12.2. The number of aryl methyl sites for hydroxylation is 1. The highest BCUT2D eigenvalue weighted by Crippen LogP contribution is 2.21. The van der Waals surface area contributed by atoms with Crippen LogP contribution in [0.3, 0.4) is 0 Å². The zero-order valence-electron chi connectivity index (χ0n) is 15.6. The van der Waals surface area contributed by atoms with Crippen LogP contribution in [0.1, 0.15) is 49.9 Å². The number of hydrazine groups is 1. The fraction of sp³-hybridized carbons (Fsp3) is 0.647. The smallest absolute Gasteiger partial charge is 0.274 e. The van der Waals surface area contributed by atoms with E-state index in [1.165, 1.54) is 6.07 Å². The molecular formula is C17H27N5O4. The number of carbonyl (C=O) groups is 3. The Kier molecular flexibility index (Phi) is 6.36. The minimum Gasteiger partial charge on any atom is -0.361 e. The molecule has 0 spiro atoms. The Morgan fingerprint density at radius 3 is 2.69 bits per heavy atom. The summed E-state index contributed by atoms with van der Waals surface area (Å²) in [6.07, 6.45) is 1.17. The Balaban J connectivity index is 1.93. The van der Waals surface area contributed by atoms with Crippen molar-refractivity contribution in [2.24, 2.45) is 11.3 Å². The Bertz CT molecular complexity index is 664. The molecule has 4 N–H and O–H groups in total. The Hall–Kier alpha value is -2.42. The molecule has 0 aliphatic carbocycles. The van der Waals surface area contributed by atoms with E-state index in [4.69, 9.17) is 4.52 Å². The van der Waals surface area contributed by atoms with Gasteiger partial charge in [-0.25, -0.2) is 5.43 Å². The molecule has 9 nitrogen and oxygen atoms in total. The number of amides is 3. The molecule has 9 heteroatoms. The number of nitrogens with one attached hydrogen (secondary N) is 4. The second kappa shape index (κ2) is 8.31. The summed E-state index contributed by atoms with van der Waals surface area (Å²) in [6, 6.07) is 0.766. The molecule has 2 heterocycles. The van der Waals surface area contributed by atoms with Crippen molar-refractivity contribution in [3.05, 3.63) is 17.5 Å². The van der Waals surface area contributed by atoms with Crippen molar-refractivity contribution in [2.75, 3.05) is 13.1 Å². The molecule has 2 atom stereocenters. The van der Waals surface area contributed by atoms with E-state index in [0.717, 1.165) is 6.42 Å². The van der Waals surface area contributed by atoms with Gasteiger partial charge in [-0.2, -0.15) is 0 Å². The standard InChI is InChI=1S/C17H27N5O4/c1-10-7-12(22-26-10)15(24)20-13(8-17(2,3)4)16(25)21-19-9-11-5-6-18-14(11)23/h7,11,13,19H,5-6,8-9H2,1-4H3,(H,18,23)(H,20,24)(H,21,25). The number of rotatable bonds is 7. The second-order valence-electron chi connectivity index (χ2n) is 7.76. The maximum absolute atomic E-state index is 12.5. The summed E-state index contributed by atoms with van der Waals surface area (Å²) in [5, 5.41) is 9.11. The third kappa shape index (κ3) is 5.83. The average Bonchev–Trinajstić information content (AvgIpc) is 3.14. The highest BCUT2D eigenvalue weighted by Gasteiger charge is 2.28. The maximum Gasteiger partial charge on any atom is 0.274 e. The molecule has 1 aromatic heterocycles. The zero-order valence-corrected chi connectivity index (χ0v) is 15.6. The van der Waals surface area contributed by atoms with E-state index < -0.39 is 11.9 Å². The Morgan fingerprint density at radius 1 is 1.42 bits per heavy atom. The van der Waals surface area contributed by atoms with Crippen LogP contribution in [0.2, 0.25) is 0 Å². The van der Waals surface area contributed by atoms with E-state index in [-0.39, 0.29) is 28.8 Å². The normalized spacial score (nSPS) is 18.3. The minimum atomic E-state index is -0.746. The quantitative estimate of drug-likeness (QED) is 0.514. The molecule has 1 fully saturated rings. The average molecular weight is 365 g/mol. The van der Waals surface area contributed by atoms with Crippen molar-refractivity contribution in [3.63, 3.8) is 0 Å². The van der Waals surface area contributed by atoms with E-state index in [0.29, 0.717) is 25.3 Å². The first-order valence-corrected chi connectivity index (χ1v) is 8.70. The molecular weight excluding hydrogens is 338 g/mol. The van der Waals surface area contributed by atoms with Crippen molar-refractivity contribution in [1.29, 1.82) is 0 Å². The van der Waals surface area contributed by atoms with Gasteiger partial charge in [0.1, 0.15) is 11.8 Å². The number of hydrogen-bond donors (Lipinski definition) is 4. The van der Waals surface area contributed by atoms with Gasteiger partial charge in [-0.3, -0.25) is 19.8 Å². The molecule has 26 heavy (non-hydrogen) atoms. The van der Waals surface area contributed by atoms with Crippen LogP contribution < -0.4 is 21.5 Å². The molecule has 1 aromatic rings. The second-order valence-corrected chi connectivity index (χ2v) is 7.76. The lowest BCUT2D eigenvalue weighted by Gasteiger charge is -2.26. The summed E-state index contributed by atoms with van der Waals surface area (Å²) in [4.78, 5) is 36.4. The van der Waals surface area contributed by atoms with Crippen LogP contribution in [-0.4, -0.2) is 42.0 Å². The highest BCUT2D eigenvalue weighted by molar-refractivity contribution is 5.96. The van der Waals surface area contributed by atoms with Crippen molar-refractivity contribution in [2.45, 2.75) is 46.6 Å². The molecule has 2 unspecified atom stereocenters. The lowest BCUT2D eigenvalue weighted by Crippen LogP contribution is -2.53. The van der Waals surface area contributed by atoms with Gasteiger partial charge in [-0.15, -0.1) is 0 Å². The van der Waals surface area contributed by atoms with Crippen LogP contribution in [0.5, 0.6) is 0 Å². The molecule has 1 aliphatic rings. The number of aromatic nitrogens is 1. The van der Waals surface area contributed by atoms with Gasteiger partial charge in [0.15, 0.2) is 5.69 Å². The van der Waals surface area contributed by atoms with Gasteiger partial charge in [0.25, 0.3) is 11.8 Å². The third-order valence-corrected chi connectivity index (χ3v) is 4.02. The van der Waals surface area contributed by atoms with Gasteiger partial charge in [-0.1, -0.05) is 25.9 Å². The van der Waals surface area contributed by atoms with Crippen LogP contribution in [0.4, 0.5) is 0 Å². The summed E-state index contributed by atoms with van der Waals surface area (Å²) < 4.78 is 4.90. The van der Waals surface area contributed by atoms with Crippen LogP contribution in [0.25, 0.3) is 0 Å². The third-order valence-electron chi connectivity index (χ3n) is 4.02. The number of carbonyl (C=O) groups excluding carboxylic acids is 3. The summed E-state index contributed by atoms with van der Waals surface area (Å²) in [5.74, 6) is -0.506.